The standard InChI is InChI=1S/C17H20BrN3O3S/c18-15-6-7-17(19-14-15)21-10-8-20(9-11-21)12-13-25(22,23)24-16-4-2-1-3-5-16/h1-7,14H,8-13H2. The van der Waals surface area contributed by atoms with Crippen LogP contribution in [0.25, 0.3) is 0 Å². The lowest BCUT2D eigenvalue weighted by molar-refractivity contribution is 0.269. The van der Waals surface area contributed by atoms with Crippen molar-refractivity contribution in [3.8, 4) is 5.75 Å². The maximum absolute atomic E-state index is 12.1. The highest BCUT2D eigenvalue weighted by atomic mass is 79.9. The van der Waals surface area contributed by atoms with Gasteiger partial charge in [-0.2, -0.15) is 8.42 Å². The maximum atomic E-state index is 12.1. The van der Waals surface area contributed by atoms with Crippen LogP contribution in [0.2, 0.25) is 0 Å². The molecular weight excluding hydrogens is 406 g/mol. The van der Waals surface area contributed by atoms with E-state index in [-0.39, 0.29) is 5.75 Å². The largest absolute Gasteiger partial charge is 0.382 e. The van der Waals surface area contributed by atoms with E-state index < -0.39 is 10.1 Å². The van der Waals surface area contributed by atoms with Crippen molar-refractivity contribution in [2.75, 3.05) is 43.4 Å². The first-order valence-corrected chi connectivity index (χ1v) is 10.4. The molecular formula is C17H20BrN3O3S. The van der Waals surface area contributed by atoms with E-state index >= 15 is 0 Å². The zero-order chi connectivity index (χ0) is 17.7. The van der Waals surface area contributed by atoms with Gasteiger partial charge in [0.2, 0.25) is 0 Å². The maximum Gasteiger partial charge on any atom is 0.310 e. The van der Waals surface area contributed by atoms with Crippen molar-refractivity contribution in [1.29, 1.82) is 0 Å². The Morgan fingerprint density at radius 1 is 1.04 bits per heavy atom. The van der Waals surface area contributed by atoms with Crippen LogP contribution in [0.5, 0.6) is 5.75 Å². The van der Waals surface area contributed by atoms with E-state index in [2.05, 4.69) is 30.7 Å². The molecule has 8 heteroatoms. The van der Waals surface area contributed by atoms with Gasteiger partial charge in [-0.1, -0.05) is 18.2 Å². The minimum Gasteiger partial charge on any atom is -0.382 e. The van der Waals surface area contributed by atoms with Gasteiger partial charge in [0.1, 0.15) is 11.6 Å². The van der Waals surface area contributed by atoms with Gasteiger partial charge in [-0.3, -0.25) is 4.90 Å². The quantitative estimate of drug-likeness (QED) is 0.662. The summed E-state index contributed by atoms with van der Waals surface area (Å²) in [5, 5.41) is 0. The molecule has 134 valence electrons. The molecule has 2 heterocycles. The molecule has 25 heavy (non-hydrogen) atoms. The molecule has 0 atom stereocenters. The van der Waals surface area contributed by atoms with Crippen LogP contribution in [0.3, 0.4) is 0 Å². The highest BCUT2D eigenvalue weighted by Gasteiger charge is 2.21. The number of hydrogen-bond donors (Lipinski definition) is 0. The van der Waals surface area contributed by atoms with Crippen molar-refractivity contribution < 1.29 is 12.6 Å². The lowest BCUT2D eigenvalue weighted by Crippen LogP contribution is -2.48. The molecule has 0 amide bonds. The molecule has 0 radical (unpaired) electrons. The van der Waals surface area contributed by atoms with Crippen LogP contribution in [0, 0.1) is 0 Å². The average Bonchev–Trinajstić information content (AvgIpc) is 2.62. The molecule has 0 unspecified atom stereocenters. The van der Waals surface area contributed by atoms with Crippen molar-refractivity contribution in [2.24, 2.45) is 0 Å². The predicted octanol–water partition coefficient (Wildman–Crippen LogP) is 2.37. The van der Waals surface area contributed by atoms with E-state index in [9.17, 15) is 8.42 Å². The zero-order valence-electron chi connectivity index (χ0n) is 13.7. The van der Waals surface area contributed by atoms with E-state index in [4.69, 9.17) is 4.18 Å². The summed E-state index contributed by atoms with van der Waals surface area (Å²) in [7, 11) is -3.58. The first kappa shape index (κ1) is 18.2. The predicted molar refractivity (Wildman–Crippen MR) is 101 cm³/mol. The molecule has 0 saturated carbocycles. The first-order chi connectivity index (χ1) is 12.0. The Hall–Kier alpha value is -1.64. The minimum absolute atomic E-state index is 0.0154. The summed E-state index contributed by atoms with van der Waals surface area (Å²) < 4.78 is 30.2. The minimum atomic E-state index is -3.58. The summed E-state index contributed by atoms with van der Waals surface area (Å²) in [4.78, 5) is 8.75. The van der Waals surface area contributed by atoms with E-state index in [0.29, 0.717) is 12.3 Å². The van der Waals surface area contributed by atoms with Crippen LogP contribution in [0.1, 0.15) is 0 Å². The number of halogens is 1. The molecule has 6 nitrogen and oxygen atoms in total. The summed E-state index contributed by atoms with van der Waals surface area (Å²) in [5.74, 6) is 1.29. The van der Waals surface area contributed by atoms with Gasteiger partial charge in [-0.25, -0.2) is 4.98 Å². The molecule has 1 aromatic heterocycles. The smallest absolute Gasteiger partial charge is 0.310 e. The Bertz CT molecular complexity index is 777. The fourth-order valence-corrected chi connectivity index (χ4v) is 3.86. The third kappa shape index (κ3) is 5.42. The second-order valence-corrected chi connectivity index (χ2v) is 8.43. The monoisotopic (exact) mass is 425 g/mol. The van der Waals surface area contributed by atoms with E-state index in [1.54, 1.807) is 30.5 Å². The molecule has 1 aliphatic rings. The average molecular weight is 426 g/mol. The summed E-state index contributed by atoms with van der Waals surface area (Å²) >= 11 is 3.38. The highest BCUT2D eigenvalue weighted by molar-refractivity contribution is 9.10. The molecule has 0 bridgehead atoms. The highest BCUT2D eigenvalue weighted by Crippen LogP contribution is 2.17. The Kier molecular flexibility index (Phi) is 5.93. The van der Waals surface area contributed by atoms with Gasteiger partial charge in [-0.15, -0.1) is 0 Å². The number of rotatable bonds is 6. The Balaban J connectivity index is 1.46. The third-order valence-corrected chi connectivity index (χ3v) is 5.63. The van der Waals surface area contributed by atoms with Crippen LogP contribution >= 0.6 is 15.9 Å². The van der Waals surface area contributed by atoms with E-state index in [1.807, 2.05) is 18.2 Å². The van der Waals surface area contributed by atoms with Crippen LogP contribution in [0.15, 0.2) is 53.1 Å². The van der Waals surface area contributed by atoms with Gasteiger partial charge in [0.25, 0.3) is 0 Å². The van der Waals surface area contributed by atoms with Crippen molar-refractivity contribution in [3.63, 3.8) is 0 Å². The van der Waals surface area contributed by atoms with Crippen LogP contribution in [-0.4, -0.2) is 56.8 Å². The number of pyridine rings is 1. The van der Waals surface area contributed by atoms with Crippen molar-refractivity contribution in [2.45, 2.75) is 0 Å². The number of aromatic nitrogens is 1. The SMILES string of the molecule is O=S(=O)(CCN1CCN(c2ccc(Br)cn2)CC1)Oc1ccccc1. The molecule has 0 aliphatic carbocycles. The van der Waals surface area contributed by atoms with Gasteiger partial charge in [0.05, 0.1) is 5.75 Å². The van der Waals surface area contributed by atoms with Gasteiger partial charge in [-0.05, 0) is 40.2 Å². The number of nitrogens with zero attached hydrogens (tertiary/aromatic N) is 3. The Morgan fingerprint density at radius 2 is 1.76 bits per heavy atom. The van der Waals surface area contributed by atoms with Crippen LogP contribution in [0.4, 0.5) is 5.82 Å². The summed E-state index contributed by atoms with van der Waals surface area (Å²) in [5.41, 5.74) is 0. The molecule has 1 aliphatic heterocycles. The van der Waals surface area contributed by atoms with Crippen molar-refractivity contribution >= 4 is 31.9 Å². The molecule has 0 spiro atoms. The second kappa shape index (κ2) is 8.16. The molecule has 1 aromatic carbocycles. The number of para-hydroxylation sites is 1. The summed E-state index contributed by atoms with van der Waals surface area (Å²) in [6, 6.07) is 12.6. The molecule has 0 N–H and O–H groups in total. The zero-order valence-corrected chi connectivity index (χ0v) is 16.1. The van der Waals surface area contributed by atoms with Gasteiger partial charge >= 0.3 is 10.1 Å². The first-order valence-electron chi connectivity index (χ1n) is 8.08. The van der Waals surface area contributed by atoms with E-state index in [0.717, 1.165) is 36.5 Å². The molecule has 1 fully saturated rings. The fraction of sp³-hybridized carbons (Fsp3) is 0.353. The summed E-state index contributed by atoms with van der Waals surface area (Å²) in [6.45, 7) is 3.73. The van der Waals surface area contributed by atoms with Gasteiger partial charge in [0.15, 0.2) is 0 Å². The Labute approximate surface area is 156 Å². The van der Waals surface area contributed by atoms with Crippen LogP contribution in [-0.2, 0) is 10.1 Å². The number of piperazine rings is 1. The molecule has 2 aromatic rings. The van der Waals surface area contributed by atoms with Crippen molar-refractivity contribution in [1.82, 2.24) is 9.88 Å². The number of hydrogen-bond acceptors (Lipinski definition) is 6. The number of benzene rings is 1. The number of anilines is 1. The fourth-order valence-electron chi connectivity index (χ4n) is 2.66. The lowest BCUT2D eigenvalue weighted by atomic mass is 10.3. The molecule has 1 saturated heterocycles. The van der Waals surface area contributed by atoms with Crippen LogP contribution < -0.4 is 9.08 Å². The summed E-state index contributed by atoms with van der Waals surface area (Å²) in [6.07, 6.45) is 1.79. The third-order valence-electron chi connectivity index (χ3n) is 4.03. The van der Waals surface area contributed by atoms with Crippen molar-refractivity contribution in [3.05, 3.63) is 53.1 Å². The van der Waals surface area contributed by atoms with Gasteiger partial charge in [0, 0.05) is 43.4 Å². The van der Waals surface area contributed by atoms with E-state index in [1.165, 1.54) is 0 Å². The van der Waals surface area contributed by atoms with Gasteiger partial charge < -0.3 is 9.08 Å². The second-order valence-electron chi connectivity index (χ2n) is 5.82. The Morgan fingerprint density at radius 3 is 2.40 bits per heavy atom. The molecule has 3 rings (SSSR count). The lowest BCUT2D eigenvalue weighted by Gasteiger charge is -2.35. The topological polar surface area (TPSA) is 62.7 Å². The normalized spacial score (nSPS) is 16.0.